The van der Waals surface area contributed by atoms with E-state index in [9.17, 15) is 4.79 Å². The second-order valence-electron chi connectivity index (χ2n) is 6.06. The number of carbonyl (C=O) groups is 1. The number of rotatable bonds is 1. The molecule has 0 fully saturated rings. The van der Waals surface area contributed by atoms with Gasteiger partial charge in [-0.15, -0.1) is 0 Å². The molecule has 0 aliphatic rings. The van der Waals surface area contributed by atoms with Crippen LogP contribution in [0.3, 0.4) is 0 Å². The van der Waals surface area contributed by atoms with Crippen molar-refractivity contribution < 1.29 is 9.90 Å². The molecule has 0 spiro atoms. The van der Waals surface area contributed by atoms with Gasteiger partial charge in [0.15, 0.2) is 0 Å². The van der Waals surface area contributed by atoms with Gasteiger partial charge in [-0.1, -0.05) is 20.8 Å². The Morgan fingerprint density at radius 1 is 1.25 bits per heavy atom. The topological polar surface area (TPSA) is 55.1 Å². The van der Waals surface area contributed by atoms with Crippen molar-refractivity contribution in [2.75, 3.05) is 0 Å². The molecule has 1 heterocycles. The lowest BCUT2D eigenvalue weighted by Crippen LogP contribution is -2.23. The van der Waals surface area contributed by atoms with Crippen LogP contribution in [0.25, 0.3) is 0 Å². The molecule has 0 saturated carbocycles. The first kappa shape index (κ1) is 12.7. The minimum absolute atomic E-state index is 0.201. The molecule has 0 aliphatic heterocycles. The third-order valence-electron chi connectivity index (χ3n) is 2.34. The minimum atomic E-state index is -0.916. The van der Waals surface area contributed by atoms with Gasteiger partial charge in [-0.2, -0.15) is 5.10 Å². The second-order valence-corrected chi connectivity index (χ2v) is 6.06. The molecule has 90 valence electrons. The van der Waals surface area contributed by atoms with Crippen LogP contribution < -0.4 is 0 Å². The summed E-state index contributed by atoms with van der Waals surface area (Å²) in [6, 6.07) is 0. The number of nitrogens with zero attached hydrogens (tertiary/aromatic N) is 2. The lowest BCUT2D eigenvalue weighted by Gasteiger charge is -2.20. The van der Waals surface area contributed by atoms with Gasteiger partial charge in [-0.05, 0) is 20.8 Å². The van der Waals surface area contributed by atoms with Crippen molar-refractivity contribution in [2.45, 2.75) is 52.5 Å². The molecule has 0 aliphatic carbocycles. The number of aromatic nitrogens is 2. The van der Waals surface area contributed by atoms with E-state index < -0.39 is 5.97 Å². The van der Waals surface area contributed by atoms with Gasteiger partial charge < -0.3 is 5.11 Å². The fraction of sp³-hybridized carbons (Fsp3) is 0.667. The van der Waals surface area contributed by atoms with E-state index in [4.69, 9.17) is 5.11 Å². The van der Waals surface area contributed by atoms with Crippen molar-refractivity contribution in [1.82, 2.24) is 9.78 Å². The van der Waals surface area contributed by atoms with Gasteiger partial charge in [0, 0.05) is 11.6 Å². The van der Waals surface area contributed by atoms with Gasteiger partial charge in [-0.25, -0.2) is 4.79 Å². The Morgan fingerprint density at radius 2 is 1.75 bits per heavy atom. The molecule has 0 atom stereocenters. The van der Waals surface area contributed by atoms with E-state index in [-0.39, 0.29) is 11.0 Å². The quantitative estimate of drug-likeness (QED) is 0.797. The maximum Gasteiger partial charge on any atom is 0.339 e. The summed E-state index contributed by atoms with van der Waals surface area (Å²) in [5, 5.41) is 13.6. The van der Waals surface area contributed by atoms with Crippen LogP contribution in [0.5, 0.6) is 0 Å². The maximum atomic E-state index is 11.2. The van der Waals surface area contributed by atoms with E-state index in [0.29, 0.717) is 11.3 Å². The standard InChI is InChI=1S/C12H20N2O2/c1-11(2,3)9-8(10(15)16)7-14(13-9)12(4,5)6/h7H,1-6H3,(H,15,16). The molecule has 1 N–H and O–H groups in total. The highest BCUT2D eigenvalue weighted by Gasteiger charge is 2.28. The largest absolute Gasteiger partial charge is 0.478 e. The molecule has 0 unspecified atom stereocenters. The zero-order valence-corrected chi connectivity index (χ0v) is 10.8. The number of carboxylic acid groups (broad SMARTS) is 1. The van der Waals surface area contributed by atoms with E-state index in [0.717, 1.165) is 0 Å². The Hall–Kier alpha value is -1.32. The van der Waals surface area contributed by atoms with Crippen LogP contribution >= 0.6 is 0 Å². The Labute approximate surface area is 96.3 Å². The van der Waals surface area contributed by atoms with Crippen molar-refractivity contribution >= 4 is 5.97 Å². The van der Waals surface area contributed by atoms with E-state index >= 15 is 0 Å². The Bertz CT molecular complexity index is 406. The number of carboxylic acids is 1. The van der Waals surface area contributed by atoms with Gasteiger partial charge in [-0.3, -0.25) is 4.68 Å². The Balaban J connectivity index is 3.38. The molecule has 1 rings (SSSR count). The first-order valence-electron chi connectivity index (χ1n) is 5.37. The molecular weight excluding hydrogens is 204 g/mol. The number of hydrogen-bond donors (Lipinski definition) is 1. The summed E-state index contributed by atoms with van der Waals surface area (Å²) in [7, 11) is 0. The third kappa shape index (κ3) is 2.43. The highest BCUT2D eigenvalue weighted by molar-refractivity contribution is 5.89. The molecule has 1 aromatic rings. The smallest absolute Gasteiger partial charge is 0.339 e. The highest BCUT2D eigenvalue weighted by atomic mass is 16.4. The maximum absolute atomic E-state index is 11.2. The van der Waals surface area contributed by atoms with Crippen LogP contribution in [-0.2, 0) is 11.0 Å². The van der Waals surface area contributed by atoms with Gasteiger partial charge >= 0.3 is 5.97 Å². The van der Waals surface area contributed by atoms with E-state index in [2.05, 4.69) is 5.10 Å². The Morgan fingerprint density at radius 3 is 2.00 bits per heavy atom. The highest BCUT2D eigenvalue weighted by Crippen LogP contribution is 2.26. The van der Waals surface area contributed by atoms with Crippen LogP contribution in [0.4, 0.5) is 0 Å². The summed E-state index contributed by atoms with van der Waals surface area (Å²) in [4.78, 5) is 11.2. The molecule has 4 nitrogen and oxygen atoms in total. The molecular formula is C12H20N2O2. The SMILES string of the molecule is CC(C)(C)c1nn(C(C)(C)C)cc1C(=O)O. The van der Waals surface area contributed by atoms with Crippen molar-refractivity contribution in [3.8, 4) is 0 Å². The van der Waals surface area contributed by atoms with E-state index in [1.165, 1.54) is 0 Å². The van der Waals surface area contributed by atoms with Gasteiger partial charge in [0.2, 0.25) is 0 Å². The summed E-state index contributed by atoms with van der Waals surface area (Å²) in [6.45, 7) is 11.9. The van der Waals surface area contributed by atoms with Crippen molar-refractivity contribution in [3.05, 3.63) is 17.5 Å². The van der Waals surface area contributed by atoms with Crippen LogP contribution in [-0.4, -0.2) is 20.9 Å². The molecule has 0 aromatic carbocycles. The predicted molar refractivity (Wildman–Crippen MR) is 62.9 cm³/mol. The average molecular weight is 224 g/mol. The van der Waals surface area contributed by atoms with Crippen LogP contribution in [0.15, 0.2) is 6.20 Å². The fourth-order valence-electron chi connectivity index (χ4n) is 1.43. The molecule has 0 amide bonds. The third-order valence-corrected chi connectivity index (χ3v) is 2.34. The molecule has 16 heavy (non-hydrogen) atoms. The fourth-order valence-corrected chi connectivity index (χ4v) is 1.43. The Kier molecular flexibility index (Phi) is 2.88. The summed E-state index contributed by atoms with van der Waals surface area (Å²) in [5.74, 6) is -0.916. The van der Waals surface area contributed by atoms with E-state index in [1.54, 1.807) is 10.9 Å². The minimum Gasteiger partial charge on any atom is -0.478 e. The van der Waals surface area contributed by atoms with Crippen LogP contribution in [0, 0.1) is 0 Å². The molecule has 4 heteroatoms. The molecule has 0 radical (unpaired) electrons. The van der Waals surface area contributed by atoms with Gasteiger partial charge in [0.1, 0.15) is 5.56 Å². The monoisotopic (exact) mass is 224 g/mol. The predicted octanol–water partition coefficient (Wildman–Crippen LogP) is 2.63. The summed E-state index contributed by atoms with van der Waals surface area (Å²) in [5.41, 5.74) is 0.468. The lowest BCUT2D eigenvalue weighted by atomic mass is 9.90. The van der Waals surface area contributed by atoms with Crippen molar-refractivity contribution in [3.63, 3.8) is 0 Å². The zero-order chi connectivity index (χ0) is 12.7. The van der Waals surface area contributed by atoms with Gasteiger partial charge in [0.05, 0.1) is 11.2 Å². The second kappa shape index (κ2) is 3.61. The molecule has 0 bridgehead atoms. The van der Waals surface area contributed by atoms with E-state index in [1.807, 2.05) is 41.5 Å². The van der Waals surface area contributed by atoms with Gasteiger partial charge in [0.25, 0.3) is 0 Å². The first-order valence-corrected chi connectivity index (χ1v) is 5.37. The zero-order valence-electron chi connectivity index (χ0n) is 10.8. The lowest BCUT2D eigenvalue weighted by molar-refractivity contribution is 0.0694. The summed E-state index contributed by atoms with van der Waals surface area (Å²) in [6.07, 6.45) is 1.61. The average Bonchev–Trinajstić information content (AvgIpc) is 2.44. The number of hydrogen-bond acceptors (Lipinski definition) is 2. The normalized spacial score (nSPS) is 12.9. The first-order chi connectivity index (χ1) is 7.03. The van der Waals surface area contributed by atoms with Crippen molar-refractivity contribution in [2.24, 2.45) is 0 Å². The van der Waals surface area contributed by atoms with Crippen LogP contribution in [0.2, 0.25) is 0 Å². The van der Waals surface area contributed by atoms with Crippen LogP contribution in [0.1, 0.15) is 57.6 Å². The van der Waals surface area contributed by atoms with Crippen molar-refractivity contribution in [1.29, 1.82) is 0 Å². The molecule has 1 aromatic heterocycles. The summed E-state index contributed by atoms with van der Waals surface area (Å²) >= 11 is 0. The molecule has 0 saturated heterocycles. The summed E-state index contributed by atoms with van der Waals surface area (Å²) < 4.78 is 1.72. The number of aromatic carboxylic acids is 1.